The summed E-state index contributed by atoms with van der Waals surface area (Å²) < 4.78 is 10.4. The van der Waals surface area contributed by atoms with Crippen molar-refractivity contribution in [2.24, 2.45) is 0 Å². The van der Waals surface area contributed by atoms with Gasteiger partial charge in [-0.2, -0.15) is 5.26 Å². The molecule has 0 atom stereocenters. The first kappa shape index (κ1) is 15.8. The number of pyridine rings is 1. The number of carbonyl (C=O) groups is 2. The fourth-order valence-electron chi connectivity index (χ4n) is 2.00. The van der Waals surface area contributed by atoms with Gasteiger partial charge >= 0.3 is 5.97 Å². The number of carbonyl (C=O) groups excluding carboxylic acids is 2. The second kappa shape index (κ2) is 7.41. The molecular weight excluding hydrogens is 286 g/mol. The van der Waals surface area contributed by atoms with Gasteiger partial charge in [0.1, 0.15) is 12.2 Å². The van der Waals surface area contributed by atoms with E-state index in [0.29, 0.717) is 31.1 Å². The van der Waals surface area contributed by atoms with Crippen LogP contribution in [-0.2, 0) is 14.3 Å². The van der Waals surface area contributed by atoms with Crippen LogP contribution < -0.4 is 4.74 Å². The molecule has 0 aliphatic carbocycles. The fraction of sp³-hybridized carbons (Fsp3) is 0.467. The summed E-state index contributed by atoms with van der Waals surface area (Å²) in [5, 5.41) is 8.68. The van der Waals surface area contributed by atoms with Crippen LogP contribution in [0, 0.1) is 11.3 Å². The molecule has 0 N–H and O–H groups in total. The molecule has 0 unspecified atom stereocenters. The van der Waals surface area contributed by atoms with E-state index in [1.807, 2.05) is 6.07 Å². The van der Waals surface area contributed by atoms with Gasteiger partial charge in [0.2, 0.25) is 11.8 Å². The molecule has 22 heavy (non-hydrogen) atoms. The predicted molar refractivity (Wildman–Crippen MR) is 75.8 cm³/mol. The van der Waals surface area contributed by atoms with Crippen LogP contribution in [0.4, 0.5) is 0 Å². The summed E-state index contributed by atoms with van der Waals surface area (Å²) >= 11 is 0. The van der Waals surface area contributed by atoms with Gasteiger partial charge < -0.3 is 14.4 Å². The Balaban J connectivity index is 1.69. The number of amides is 1. The minimum atomic E-state index is -0.356. The molecule has 0 saturated carbocycles. The SMILES string of the molecule is CCOC(=O)CCC(=O)N1CC(Oc2ccc(C#N)cn2)C1. The zero-order valence-electron chi connectivity index (χ0n) is 12.3. The van der Waals surface area contributed by atoms with Gasteiger partial charge in [0.05, 0.1) is 31.7 Å². The molecule has 1 aliphatic heterocycles. The molecule has 1 fully saturated rings. The molecule has 7 nitrogen and oxygen atoms in total. The van der Waals surface area contributed by atoms with E-state index in [-0.39, 0.29) is 30.8 Å². The molecule has 0 aromatic carbocycles. The van der Waals surface area contributed by atoms with Crippen LogP contribution in [-0.4, -0.2) is 47.6 Å². The van der Waals surface area contributed by atoms with Gasteiger partial charge in [0.25, 0.3) is 0 Å². The third kappa shape index (κ3) is 4.19. The monoisotopic (exact) mass is 303 g/mol. The summed E-state index contributed by atoms with van der Waals surface area (Å²) in [6.07, 6.45) is 1.59. The Hall–Kier alpha value is -2.62. The van der Waals surface area contributed by atoms with Crippen molar-refractivity contribution in [3.8, 4) is 11.9 Å². The summed E-state index contributed by atoms with van der Waals surface area (Å²) in [5.41, 5.74) is 0.469. The Morgan fingerprint density at radius 2 is 2.18 bits per heavy atom. The number of likely N-dealkylation sites (tertiary alicyclic amines) is 1. The summed E-state index contributed by atoms with van der Waals surface area (Å²) in [4.78, 5) is 28.7. The van der Waals surface area contributed by atoms with E-state index < -0.39 is 0 Å². The van der Waals surface area contributed by atoms with E-state index in [4.69, 9.17) is 14.7 Å². The molecular formula is C15H17N3O4. The Bertz CT molecular complexity index is 573. The average molecular weight is 303 g/mol. The third-order valence-electron chi connectivity index (χ3n) is 3.20. The Morgan fingerprint density at radius 3 is 2.77 bits per heavy atom. The minimum Gasteiger partial charge on any atom is -0.471 e. The van der Waals surface area contributed by atoms with Crippen molar-refractivity contribution in [1.29, 1.82) is 5.26 Å². The van der Waals surface area contributed by atoms with Crippen LogP contribution in [0.2, 0.25) is 0 Å². The zero-order chi connectivity index (χ0) is 15.9. The molecule has 116 valence electrons. The number of esters is 1. The number of hydrogen-bond donors (Lipinski definition) is 0. The van der Waals surface area contributed by atoms with Gasteiger partial charge in [-0.15, -0.1) is 0 Å². The topological polar surface area (TPSA) is 92.5 Å². The Kier molecular flexibility index (Phi) is 5.31. The molecule has 1 aliphatic rings. The van der Waals surface area contributed by atoms with E-state index in [2.05, 4.69) is 4.98 Å². The number of ether oxygens (including phenoxy) is 2. The molecule has 2 rings (SSSR count). The minimum absolute atomic E-state index is 0.0827. The predicted octanol–water partition coefficient (Wildman–Crippen LogP) is 0.886. The highest BCUT2D eigenvalue weighted by molar-refractivity contribution is 5.82. The number of aromatic nitrogens is 1. The summed E-state index contributed by atoms with van der Waals surface area (Å²) in [7, 11) is 0. The molecule has 0 spiro atoms. The largest absolute Gasteiger partial charge is 0.471 e. The highest BCUT2D eigenvalue weighted by Crippen LogP contribution is 2.17. The van der Waals surface area contributed by atoms with Gasteiger partial charge in [0.15, 0.2) is 0 Å². The lowest BCUT2D eigenvalue weighted by atomic mass is 10.1. The van der Waals surface area contributed by atoms with Crippen LogP contribution in [0.15, 0.2) is 18.3 Å². The van der Waals surface area contributed by atoms with Crippen LogP contribution in [0.1, 0.15) is 25.3 Å². The average Bonchev–Trinajstić information content (AvgIpc) is 2.49. The maximum absolute atomic E-state index is 11.8. The van der Waals surface area contributed by atoms with Crippen molar-refractivity contribution < 1.29 is 19.1 Å². The fourth-order valence-corrected chi connectivity index (χ4v) is 2.00. The van der Waals surface area contributed by atoms with E-state index in [1.54, 1.807) is 24.0 Å². The normalized spacial score (nSPS) is 13.9. The van der Waals surface area contributed by atoms with Crippen molar-refractivity contribution >= 4 is 11.9 Å². The number of nitrogens with zero attached hydrogens (tertiary/aromatic N) is 3. The summed E-state index contributed by atoms with van der Waals surface area (Å²) in [5.74, 6) is -0.00531. The van der Waals surface area contributed by atoms with Crippen molar-refractivity contribution in [2.75, 3.05) is 19.7 Å². The van der Waals surface area contributed by atoms with Crippen molar-refractivity contribution in [2.45, 2.75) is 25.9 Å². The summed E-state index contributed by atoms with van der Waals surface area (Å²) in [6.45, 7) is 3.01. The van der Waals surface area contributed by atoms with Crippen LogP contribution in [0.3, 0.4) is 0 Å². The van der Waals surface area contributed by atoms with E-state index in [0.717, 1.165) is 0 Å². The van der Waals surface area contributed by atoms with Crippen molar-refractivity contribution in [3.05, 3.63) is 23.9 Å². The highest BCUT2D eigenvalue weighted by atomic mass is 16.5. The van der Waals surface area contributed by atoms with Gasteiger partial charge in [-0.3, -0.25) is 9.59 Å². The lowest BCUT2D eigenvalue weighted by Gasteiger charge is -2.38. The molecule has 1 saturated heterocycles. The third-order valence-corrected chi connectivity index (χ3v) is 3.20. The van der Waals surface area contributed by atoms with E-state index >= 15 is 0 Å². The maximum atomic E-state index is 11.8. The van der Waals surface area contributed by atoms with Crippen molar-refractivity contribution in [1.82, 2.24) is 9.88 Å². The highest BCUT2D eigenvalue weighted by Gasteiger charge is 2.32. The van der Waals surface area contributed by atoms with E-state index in [1.165, 1.54) is 6.20 Å². The Labute approximate surface area is 128 Å². The molecule has 7 heteroatoms. The molecule has 0 bridgehead atoms. The van der Waals surface area contributed by atoms with Gasteiger partial charge in [-0.1, -0.05) is 0 Å². The first-order valence-electron chi connectivity index (χ1n) is 7.08. The van der Waals surface area contributed by atoms with Crippen molar-refractivity contribution in [3.63, 3.8) is 0 Å². The lowest BCUT2D eigenvalue weighted by Crippen LogP contribution is -2.56. The molecule has 0 radical (unpaired) electrons. The second-order valence-corrected chi connectivity index (χ2v) is 4.84. The Morgan fingerprint density at radius 1 is 1.41 bits per heavy atom. The molecule has 1 amide bonds. The number of nitriles is 1. The lowest BCUT2D eigenvalue weighted by molar-refractivity contribution is -0.148. The number of rotatable bonds is 6. The van der Waals surface area contributed by atoms with E-state index in [9.17, 15) is 9.59 Å². The first-order chi connectivity index (χ1) is 10.6. The van der Waals surface area contributed by atoms with Crippen LogP contribution in [0.25, 0.3) is 0 Å². The molecule has 1 aromatic heterocycles. The van der Waals surface area contributed by atoms with Gasteiger partial charge in [-0.25, -0.2) is 4.98 Å². The van der Waals surface area contributed by atoms with Crippen LogP contribution >= 0.6 is 0 Å². The zero-order valence-corrected chi connectivity index (χ0v) is 12.3. The number of hydrogen-bond acceptors (Lipinski definition) is 6. The van der Waals surface area contributed by atoms with Gasteiger partial charge in [0, 0.05) is 18.7 Å². The quantitative estimate of drug-likeness (QED) is 0.724. The maximum Gasteiger partial charge on any atom is 0.306 e. The molecule has 2 heterocycles. The van der Waals surface area contributed by atoms with Gasteiger partial charge in [-0.05, 0) is 13.0 Å². The second-order valence-electron chi connectivity index (χ2n) is 4.84. The van der Waals surface area contributed by atoms with Crippen LogP contribution in [0.5, 0.6) is 5.88 Å². The standard InChI is InChI=1S/C15H17N3O4/c1-2-21-15(20)6-5-14(19)18-9-12(10-18)22-13-4-3-11(7-16)8-17-13/h3-4,8,12H,2,5-6,9-10H2,1H3. The smallest absolute Gasteiger partial charge is 0.306 e. The first-order valence-corrected chi connectivity index (χ1v) is 7.08. The molecule has 1 aromatic rings. The summed E-state index contributed by atoms with van der Waals surface area (Å²) in [6, 6.07) is 5.24.